The van der Waals surface area contributed by atoms with Crippen molar-refractivity contribution in [2.24, 2.45) is 0 Å². The number of rotatable bonds is 5. The van der Waals surface area contributed by atoms with Gasteiger partial charge in [0.25, 0.3) is 5.69 Å². The average Bonchev–Trinajstić information content (AvgIpc) is 3.39. The van der Waals surface area contributed by atoms with E-state index in [1.807, 2.05) is 6.07 Å². The van der Waals surface area contributed by atoms with E-state index in [0.717, 1.165) is 13.0 Å². The van der Waals surface area contributed by atoms with Crippen LogP contribution in [0.5, 0.6) is 0 Å². The molecular weight excluding hydrogens is 394 g/mol. The highest BCUT2D eigenvalue weighted by Gasteiger charge is 2.32. The van der Waals surface area contributed by atoms with Gasteiger partial charge in [-0.2, -0.15) is 0 Å². The predicted octanol–water partition coefficient (Wildman–Crippen LogP) is 4.33. The predicted molar refractivity (Wildman–Crippen MR) is 112 cm³/mol. The minimum atomic E-state index is -0.441. The molecular formula is C20H19N3O3S2. The number of likely N-dealkylation sites (N-methyl/N-ethyl adjacent to an activating group) is 1. The molecule has 4 rings (SSSR count). The Morgan fingerprint density at radius 1 is 1.21 bits per heavy atom. The minimum absolute atomic E-state index is 0.0170. The molecule has 1 amide bonds. The normalized spacial score (nSPS) is 16.5. The van der Waals surface area contributed by atoms with Gasteiger partial charge in [-0.05, 0) is 47.0 Å². The van der Waals surface area contributed by atoms with Crippen molar-refractivity contribution in [2.45, 2.75) is 12.5 Å². The Balaban J connectivity index is 1.54. The standard InChI is InChI=1S/C20H19N3O3S2/c1-21(14-4-6-15(7-5-14)23(25)26)19(24)13-22-10-8-17-16(9-12-28-17)20(22)18-3-2-11-27-18/h2-7,9,11-12,20H,8,10,13H2,1H3/t20-/m1/s1. The Bertz CT molecular complexity index is 983. The van der Waals surface area contributed by atoms with Gasteiger partial charge in [0, 0.05) is 41.2 Å². The molecule has 0 saturated heterocycles. The zero-order valence-electron chi connectivity index (χ0n) is 15.3. The van der Waals surface area contributed by atoms with E-state index < -0.39 is 4.92 Å². The second kappa shape index (κ2) is 7.83. The smallest absolute Gasteiger partial charge is 0.269 e. The monoisotopic (exact) mass is 413 g/mol. The van der Waals surface area contributed by atoms with E-state index in [1.165, 1.54) is 27.5 Å². The summed E-state index contributed by atoms with van der Waals surface area (Å²) >= 11 is 3.49. The van der Waals surface area contributed by atoms with Crippen LogP contribution >= 0.6 is 22.7 Å². The van der Waals surface area contributed by atoms with Gasteiger partial charge in [-0.1, -0.05) is 6.07 Å². The molecule has 0 aliphatic carbocycles. The van der Waals surface area contributed by atoms with E-state index >= 15 is 0 Å². The number of fused-ring (bicyclic) bond motifs is 1. The molecule has 0 fully saturated rings. The van der Waals surface area contributed by atoms with Crippen molar-refractivity contribution in [1.82, 2.24) is 4.90 Å². The molecule has 0 N–H and O–H groups in total. The van der Waals surface area contributed by atoms with Crippen LogP contribution in [0.2, 0.25) is 0 Å². The van der Waals surface area contributed by atoms with Gasteiger partial charge < -0.3 is 4.90 Å². The van der Waals surface area contributed by atoms with Crippen LogP contribution in [0.3, 0.4) is 0 Å². The van der Waals surface area contributed by atoms with Crippen molar-refractivity contribution in [3.05, 3.63) is 78.7 Å². The summed E-state index contributed by atoms with van der Waals surface area (Å²) < 4.78 is 0. The second-order valence-electron chi connectivity index (χ2n) is 6.66. The molecule has 0 spiro atoms. The first kappa shape index (κ1) is 18.8. The number of benzene rings is 1. The molecule has 0 saturated carbocycles. The molecule has 1 aromatic carbocycles. The number of nitrogens with zero attached hydrogens (tertiary/aromatic N) is 3. The van der Waals surface area contributed by atoms with Crippen molar-refractivity contribution < 1.29 is 9.72 Å². The molecule has 3 aromatic rings. The number of non-ortho nitro benzene ring substituents is 1. The molecule has 1 aliphatic heterocycles. The molecule has 1 atom stereocenters. The fraction of sp³-hybridized carbons (Fsp3) is 0.250. The molecule has 0 bridgehead atoms. The van der Waals surface area contributed by atoms with Gasteiger partial charge in [0.1, 0.15) is 0 Å². The lowest BCUT2D eigenvalue weighted by Gasteiger charge is -2.35. The molecule has 2 aromatic heterocycles. The number of anilines is 1. The molecule has 28 heavy (non-hydrogen) atoms. The van der Waals surface area contributed by atoms with Crippen LogP contribution in [0.15, 0.2) is 53.2 Å². The molecule has 0 radical (unpaired) electrons. The fourth-order valence-corrected chi connectivity index (χ4v) is 5.32. The second-order valence-corrected chi connectivity index (χ2v) is 8.64. The molecule has 0 unspecified atom stereocenters. The Morgan fingerprint density at radius 3 is 2.68 bits per heavy atom. The third kappa shape index (κ3) is 3.58. The number of carbonyl (C=O) groups is 1. The van der Waals surface area contributed by atoms with Crippen molar-refractivity contribution in [1.29, 1.82) is 0 Å². The number of amides is 1. The third-order valence-electron chi connectivity index (χ3n) is 5.04. The molecule has 144 valence electrons. The number of hydrogen-bond donors (Lipinski definition) is 0. The van der Waals surface area contributed by atoms with E-state index in [0.29, 0.717) is 12.2 Å². The lowest BCUT2D eigenvalue weighted by Crippen LogP contribution is -2.43. The molecule has 6 nitrogen and oxygen atoms in total. The Kier molecular flexibility index (Phi) is 5.25. The summed E-state index contributed by atoms with van der Waals surface area (Å²) in [6.07, 6.45) is 0.948. The number of nitro groups is 1. The summed E-state index contributed by atoms with van der Waals surface area (Å²) in [5.41, 5.74) is 1.96. The van der Waals surface area contributed by atoms with Gasteiger partial charge >= 0.3 is 0 Å². The minimum Gasteiger partial charge on any atom is -0.314 e. The summed E-state index contributed by atoms with van der Waals surface area (Å²) in [5, 5.41) is 15.0. The maximum atomic E-state index is 13.0. The van der Waals surface area contributed by atoms with E-state index in [9.17, 15) is 14.9 Å². The summed E-state index contributed by atoms with van der Waals surface area (Å²) in [5.74, 6) is -0.0333. The number of thiophene rings is 2. The van der Waals surface area contributed by atoms with Gasteiger partial charge in [-0.3, -0.25) is 19.8 Å². The van der Waals surface area contributed by atoms with E-state index in [-0.39, 0.29) is 17.6 Å². The van der Waals surface area contributed by atoms with Crippen LogP contribution in [0, 0.1) is 10.1 Å². The third-order valence-corrected chi connectivity index (χ3v) is 6.96. The lowest BCUT2D eigenvalue weighted by molar-refractivity contribution is -0.384. The molecule has 8 heteroatoms. The van der Waals surface area contributed by atoms with E-state index in [1.54, 1.807) is 46.8 Å². The largest absolute Gasteiger partial charge is 0.314 e. The first-order valence-electron chi connectivity index (χ1n) is 8.89. The highest BCUT2D eigenvalue weighted by Crippen LogP contribution is 2.39. The zero-order valence-corrected chi connectivity index (χ0v) is 16.9. The van der Waals surface area contributed by atoms with Crippen molar-refractivity contribution >= 4 is 40.0 Å². The molecule has 3 heterocycles. The van der Waals surface area contributed by atoms with Crippen molar-refractivity contribution in [3.8, 4) is 0 Å². The summed E-state index contributed by atoms with van der Waals surface area (Å²) in [6, 6.07) is 12.5. The van der Waals surface area contributed by atoms with Crippen LogP contribution in [0.25, 0.3) is 0 Å². The number of carbonyl (C=O) groups excluding carboxylic acids is 1. The van der Waals surface area contributed by atoms with E-state index in [2.05, 4.69) is 27.8 Å². The topological polar surface area (TPSA) is 66.7 Å². The van der Waals surface area contributed by atoms with Gasteiger partial charge in [-0.15, -0.1) is 22.7 Å². The first-order valence-corrected chi connectivity index (χ1v) is 10.7. The van der Waals surface area contributed by atoms with Crippen molar-refractivity contribution in [3.63, 3.8) is 0 Å². The van der Waals surface area contributed by atoms with Gasteiger partial charge in [0.15, 0.2) is 0 Å². The van der Waals surface area contributed by atoms with Gasteiger partial charge in [0.2, 0.25) is 5.91 Å². The Hall–Kier alpha value is -2.55. The summed E-state index contributed by atoms with van der Waals surface area (Å²) in [4.78, 5) is 29.8. The molecule has 1 aliphatic rings. The Morgan fingerprint density at radius 2 is 2.00 bits per heavy atom. The fourth-order valence-electron chi connectivity index (χ4n) is 3.54. The van der Waals surface area contributed by atoms with Crippen LogP contribution in [0.4, 0.5) is 11.4 Å². The maximum absolute atomic E-state index is 13.0. The maximum Gasteiger partial charge on any atom is 0.269 e. The van der Waals surface area contributed by atoms with E-state index in [4.69, 9.17) is 0 Å². The highest BCUT2D eigenvalue weighted by molar-refractivity contribution is 7.10. The zero-order chi connectivity index (χ0) is 19.7. The summed E-state index contributed by atoms with van der Waals surface area (Å²) in [6.45, 7) is 1.13. The van der Waals surface area contributed by atoms with Crippen LogP contribution < -0.4 is 4.90 Å². The van der Waals surface area contributed by atoms with Crippen LogP contribution in [-0.2, 0) is 11.2 Å². The Labute approximate surface area is 170 Å². The lowest BCUT2D eigenvalue weighted by atomic mass is 9.98. The SMILES string of the molecule is CN(C(=O)CN1CCc2sccc2[C@@H]1c1cccs1)c1ccc([N+](=O)[O-])cc1. The quantitative estimate of drug-likeness (QED) is 0.461. The highest BCUT2D eigenvalue weighted by atomic mass is 32.1. The van der Waals surface area contributed by atoms with Gasteiger partial charge in [0.05, 0.1) is 17.5 Å². The number of hydrogen-bond acceptors (Lipinski definition) is 6. The van der Waals surface area contributed by atoms with Crippen LogP contribution in [0.1, 0.15) is 21.4 Å². The van der Waals surface area contributed by atoms with Crippen LogP contribution in [-0.4, -0.2) is 35.9 Å². The summed E-state index contributed by atoms with van der Waals surface area (Å²) in [7, 11) is 1.71. The average molecular weight is 414 g/mol. The first-order chi connectivity index (χ1) is 13.5. The van der Waals surface area contributed by atoms with Gasteiger partial charge in [-0.25, -0.2) is 0 Å². The van der Waals surface area contributed by atoms with Crippen molar-refractivity contribution in [2.75, 3.05) is 25.0 Å². The number of nitro benzene ring substituents is 1.